The third kappa shape index (κ3) is 3.65. The first-order chi connectivity index (χ1) is 9.72. The standard InChI is InChI=1S/C15H18N2O2S/c1-17(9-7-14-16-8-10-20-14)15(19)13(11-18)12-5-3-2-4-6-12/h2-6,8,10,13,18H,7,9,11H2,1H3. The van der Waals surface area contributed by atoms with E-state index in [-0.39, 0.29) is 12.5 Å². The molecule has 0 bridgehead atoms. The van der Waals surface area contributed by atoms with Gasteiger partial charge in [-0.25, -0.2) is 4.98 Å². The number of rotatable bonds is 6. The van der Waals surface area contributed by atoms with Crippen LogP contribution >= 0.6 is 11.3 Å². The van der Waals surface area contributed by atoms with E-state index >= 15 is 0 Å². The van der Waals surface area contributed by atoms with Crippen molar-refractivity contribution in [3.63, 3.8) is 0 Å². The molecule has 1 aromatic carbocycles. The van der Waals surface area contributed by atoms with Gasteiger partial charge in [-0.2, -0.15) is 0 Å². The minimum atomic E-state index is -0.488. The Morgan fingerprint density at radius 2 is 2.15 bits per heavy atom. The number of hydrogen-bond donors (Lipinski definition) is 1. The van der Waals surface area contributed by atoms with Crippen molar-refractivity contribution in [3.8, 4) is 0 Å². The van der Waals surface area contributed by atoms with Crippen molar-refractivity contribution in [2.75, 3.05) is 20.2 Å². The molecule has 1 heterocycles. The summed E-state index contributed by atoms with van der Waals surface area (Å²) in [6.45, 7) is 0.431. The number of hydrogen-bond acceptors (Lipinski definition) is 4. The van der Waals surface area contributed by atoms with E-state index in [4.69, 9.17) is 0 Å². The molecule has 0 saturated carbocycles. The number of thiazole rings is 1. The van der Waals surface area contributed by atoms with Crippen LogP contribution in [0.4, 0.5) is 0 Å². The number of amides is 1. The van der Waals surface area contributed by atoms with Gasteiger partial charge in [0.15, 0.2) is 0 Å². The van der Waals surface area contributed by atoms with E-state index < -0.39 is 5.92 Å². The summed E-state index contributed by atoms with van der Waals surface area (Å²) >= 11 is 1.59. The number of carbonyl (C=O) groups excluding carboxylic acids is 1. The van der Waals surface area contributed by atoms with Crippen molar-refractivity contribution in [2.24, 2.45) is 0 Å². The molecule has 1 amide bonds. The molecule has 1 aromatic heterocycles. The summed E-state index contributed by atoms with van der Waals surface area (Å²) in [5.41, 5.74) is 0.848. The van der Waals surface area contributed by atoms with Crippen LogP contribution in [0, 0.1) is 0 Å². The first-order valence-electron chi connectivity index (χ1n) is 6.51. The summed E-state index contributed by atoms with van der Waals surface area (Å²) in [6, 6.07) is 9.39. The zero-order chi connectivity index (χ0) is 14.4. The highest BCUT2D eigenvalue weighted by atomic mass is 32.1. The summed E-state index contributed by atoms with van der Waals surface area (Å²) in [5.74, 6) is -0.548. The Kier molecular flexibility index (Phi) is 5.26. The van der Waals surface area contributed by atoms with E-state index in [0.29, 0.717) is 6.54 Å². The average Bonchev–Trinajstić information content (AvgIpc) is 3.00. The zero-order valence-electron chi connectivity index (χ0n) is 11.4. The van der Waals surface area contributed by atoms with Crippen molar-refractivity contribution >= 4 is 17.2 Å². The van der Waals surface area contributed by atoms with Crippen LogP contribution in [0.3, 0.4) is 0 Å². The second kappa shape index (κ2) is 7.17. The first kappa shape index (κ1) is 14.7. The van der Waals surface area contributed by atoms with Crippen molar-refractivity contribution in [3.05, 3.63) is 52.5 Å². The predicted octanol–water partition coefficient (Wildman–Crippen LogP) is 1.92. The Labute approximate surface area is 122 Å². The number of nitrogens with zero attached hydrogens (tertiary/aromatic N) is 2. The van der Waals surface area contributed by atoms with Crippen LogP contribution in [-0.2, 0) is 11.2 Å². The second-order valence-electron chi connectivity index (χ2n) is 4.58. The Hall–Kier alpha value is -1.72. The van der Waals surface area contributed by atoms with Gasteiger partial charge in [-0.05, 0) is 5.56 Å². The molecule has 106 valence electrons. The van der Waals surface area contributed by atoms with Crippen LogP contribution in [0.15, 0.2) is 41.9 Å². The summed E-state index contributed by atoms with van der Waals surface area (Å²) in [4.78, 5) is 18.2. The third-order valence-electron chi connectivity index (χ3n) is 3.20. The molecule has 0 aliphatic carbocycles. The van der Waals surface area contributed by atoms with Crippen LogP contribution in [0.1, 0.15) is 16.5 Å². The largest absolute Gasteiger partial charge is 0.395 e. The van der Waals surface area contributed by atoms with Crippen LogP contribution in [0.25, 0.3) is 0 Å². The highest BCUT2D eigenvalue weighted by Gasteiger charge is 2.22. The van der Waals surface area contributed by atoms with E-state index in [1.165, 1.54) is 0 Å². The zero-order valence-corrected chi connectivity index (χ0v) is 12.2. The van der Waals surface area contributed by atoms with Crippen LogP contribution < -0.4 is 0 Å². The Balaban J connectivity index is 1.97. The number of carbonyl (C=O) groups is 1. The maximum absolute atomic E-state index is 12.4. The SMILES string of the molecule is CN(CCc1nccs1)C(=O)C(CO)c1ccccc1. The first-order valence-corrected chi connectivity index (χ1v) is 7.39. The van der Waals surface area contributed by atoms with Crippen molar-refractivity contribution in [1.29, 1.82) is 0 Å². The fourth-order valence-corrected chi connectivity index (χ4v) is 2.64. The number of likely N-dealkylation sites (N-methyl/N-ethyl adjacent to an activating group) is 1. The number of aromatic nitrogens is 1. The van der Waals surface area contributed by atoms with Gasteiger partial charge in [0.25, 0.3) is 0 Å². The van der Waals surface area contributed by atoms with E-state index in [9.17, 15) is 9.90 Å². The van der Waals surface area contributed by atoms with Gasteiger partial charge in [0.05, 0.1) is 17.5 Å². The van der Waals surface area contributed by atoms with E-state index in [1.807, 2.05) is 35.7 Å². The lowest BCUT2D eigenvalue weighted by atomic mass is 9.98. The number of aliphatic hydroxyl groups excluding tert-OH is 1. The molecule has 4 nitrogen and oxygen atoms in total. The fourth-order valence-electron chi connectivity index (χ4n) is 2.03. The van der Waals surface area contributed by atoms with Gasteiger partial charge < -0.3 is 10.0 Å². The van der Waals surface area contributed by atoms with Gasteiger partial charge in [0.1, 0.15) is 0 Å². The topological polar surface area (TPSA) is 53.4 Å². The van der Waals surface area contributed by atoms with Crippen molar-refractivity contribution < 1.29 is 9.90 Å². The highest BCUT2D eigenvalue weighted by molar-refractivity contribution is 7.09. The lowest BCUT2D eigenvalue weighted by molar-refractivity contribution is -0.132. The maximum Gasteiger partial charge on any atom is 0.232 e. The molecule has 1 atom stereocenters. The Morgan fingerprint density at radius 3 is 2.75 bits per heavy atom. The van der Waals surface area contributed by atoms with Gasteiger partial charge >= 0.3 is 0 Å². The second-order valence-corrected chi connectivity index (χ2v) is 5.56. The van der Waals surface area contributed by atoms with Gasteiger partial charge in [-0.1, -0.05) is 30.3 Å². The number of aliphatic hydroxyl groups is 1. The third-order valence-corrected chi connectivity index (χ3v) is 4.04. The summed E-state index contributed by atoms with van der Waals surface area (Å²) < 4.78 is 0. The molecule has 0 aliphatic rings. The molecule has 0 saturated heterocycles. The van der Waals surface area contributed by atoms with Crippen LogP contribution in [0.2, 0.25) is 0 Å². The summed E-state index contributed by atoms with van der Waals surface area (Å²) in [5, 5.41) is 12.4. The molecule has 2 rings (SSSR count). The van der Waals surface area contributed by atoms with E-state index in [0.717, 1.165) is 17.0 Å². The monoisotopic (exact) mass is 290 g/mol. The molecular weight excluding hydrogens is 272 g/mol. The highest BCUT2D eigenvalue weighted by Crippen LogP contribution is 2.17. The fraction of sp³-hybridized carbons (Fsp3) is 0.333. The summed E-state index contributed by atoms with van der Waals surface area (Å²) in [6.07, 6.45) is 2.51. The minimum Gasteiger partial charge on any atom is -0.395 e. The molecule has 0 aliphatic heterocycles. The molecule has 0 spiro atoms. The molecule has 0 fully saturated rings. The van der Waals surface area contributed by atoms with Crippen molar-refractivity contribution in [1.82, 2.24) is 9.88 Å². The average molecular weight is 290 g/mol. The normalized spacial score (nSPS) is 12.1. The molecule has 2 aromatic rings. The quantitative estimate of drug-likeness (QED) is 0.884. The molecule has 0 radical (unpaired) electrons. The molecule has 1 N–H and O–H groups in total. The Bertz CT molecular complexity index is 528. The van der Waals surface area contributed by atoms with Gasteiger partial charge in [-0.15, -0.1) is 11.3 Å². The lowest BCUT2D eigenvalue weighted by Gasteiger charge is -2.22. The molecular formula is C15H18N2O2S. The Morgan fingerprint density at radius 1 is 1.40 bits per heavy atom. The maximum atomic E-state index is 12.4. The molecule has 1 unspecified atom stereocenters. The smallest absolute Gasteiger partial charge is 0.232 e. The van der Waals surface area contributed by atoms with Crippen LogP contribution in [0.5, 0.6) is 0 Å². The van der Waals surface area contributed by atoms with E-state index in [1.54, 1.807) is 29.5 Å². The van der Waals surface area contributed by atoms with Gasteiger partial charge in [-0.3, -0.25) is 4.79 Å². The number of benzene rings is 1. The molecule has 5 heteroatoms. The minimum absolute atomic E-state index is 0.0599. The van der Waals surface area contributed by atoms with Crippen LogP contribution in [-0.4, -0.2) is 41.1 Å². The molecule has 20 heavy (non-hydrogen) atoms. The lowest BCUT2D eigenvalue weighted by Crippen LogP contribution is -2.34. The van der Waals surface area contributed by atoms with Crippen molar-refractivity contribution in [2.45, 2.75) is 12.3 Å². The van der Waals surface area contributed by atoms with Gasteiger partial charge in [0, 0.05) is 31.6 Å². The summed E-state index contributed by atoms with van der Waals surface area (Å²) in [7, 11) is 1.77. The van der Waals surface area contributed by atoms with E-state index in [2.05, 4.69) is 4.98 Å². The predicted molar refractivity (Wildman–Crippen MR) is 79.7 cm³/mol. The van der Waals surface area contributed by atoms with Gasteiger partial charge in [0.2, 0.25) is 5.91 Å².